The first-order chi connectivity index (χ1) is 8.15. The molecular weight excluding hydrogens is 214 g/mol. The van der Waals surface area contributed by atoms with Gasteiger partial charge in [0.25, 0.3) is 0 Å². The van der Waals surface area contributed by atoms with E-state index in [-0.39, 0.29) is 0 Å². The second kappa shape index (κ2) is 4.91. The lowest BCUT2D eigenvalue weighted by molar-refractivity contribution is 0.289. The zero-order valence-corrected chi connectivity index (χ0v) is 10.2. The molecule has 1 aromatic carbocycles. The van der Waals surface area contributed by atoms with Gasteiger partial charge in [0.2, 0.25) is 0 Å². The summed E-state index contributed by atoms with van der Waals surface area (Å²) in [6.07, 6.45) is 1.85. The molecular formula is C13H17N3O. The first kappa shape index (κ1) is 11.5. The van der Waals surface area contributed by atoms with E-state index < -0.39 is 0 Å². The van der Waals surface area contributed by atoms with Crippen LogP contribution in [0.15, 0.2) is 30.5 Å². The first-order valence-electron chi connectivity index (χ1n) is 5.64. The number of aromatic nitrogens is 2. The monoisotopic (exact) mass is 231 g/mol. The highest BCUT2D eigenvalue weighted by Crippen LogP contribution is 2.18. The van der Waals surface area contributed by atoms with Gasteiger partial charge in [0, 0.05) is 6.20 Å². The average Bonchev–Trinajstić information content (AvgIpc) is 2.69. The summed E-state index contributed by atoms with van der Waals surface area (Å²) < 4.78 is 7.51. The summed E-state index contributed by atoms with van der Waals surface area (Å²) in [7, 11) is 0. The van der Waals surface area contributed by atoms with E-state index in [4.69, 9.17) is 10.5 Å². The molecule has 0 saturated carbocycles. The maximum atomic E-state index is 5.73. The predicted octanol–water partition coefficient (Wildman–Crippen LogP) is 2.16. The van der Waals surface area contributed by atoms with Crippen LogP contribution >= 0.6 is 0 Å². The minimum atomic E-state index is 0.539. The van der Waals surface area contributed by atoms with Gasteiger partial charge in [-0.15, -0.1) is 0 Å². The topological polar surface area (TPSA) is 53.1 Å². The normalized spacial score (nSPS) is 10.5. The van der Waals surface area contributed by atoms with Crippen LogP contribution < -0.4 is 10.5 Å². The average molecular weight is 231 g/mol. The van der Waals surface area contributed by atoms with Crippen molar-refractivity contribution in [1.29, 1.82) is 0 Å². The van der Waals surface area contributed by atoms with Gasteiger partial charge in [-0.25, -0.2) is 0 Å². The van der Waals surface area contributed by atoms with Gasteiger partial charge in [-0.1, -0.05) is 12.1 Å². The van der Waals surface area contributed by atoms with E-state index in [1.807, 2.05) is 19.2 Å². The fourth-order valence-electron chi connectivity index (χ4n) is 1.61. The molecule has 0 saturated heterocycles. The highest BCUT2D eigenvalue weighted by atomic mass is 16.5. The number of nitrogens with zero attached hydrogens (tertiary/aromatic N) is 2. The molecule has 0 aliphatic carbocycles. The summed E-state index contributed by atoms with van der Waals surface area (Å²) >= 11 is 0. The van der Waals surface area contributed by atoms with Gasteiger partial charge < -0.3 is 10.5 Å². The van der Waals surface area contributed by atoms with Gasteiger partial charge in [0.05, 0.1) is 6.54 Å². The van der Waals surface area contributed by atoms with E-state index in [0.717, 1.165) is 11.3 Å². The van der Waals surface area contributed by atoms with E-state index in [2.05, 4.69) is 24.2 Å². The van der Waals surface area contributed by atoms with Crippen LogP contribution in [-0.2, 0) is 6.54 Å². The molecule has 0 bridgehead atoms. The molecule has 90 valence electrons. The lowest BCUT2D eigenvalue weighted by Gasteiger charge is -2.09. The molecule has 0 aliphatic heterocycles. The Morgan fingerprint density at radius 1 is 1.29 bits per heavy atom. The fraction of sp³-hybridized carbons (Fsp3) is 0.308. The standard InChI is InChI=1S/C13H17N3O/c1-10-3-4-11(2)12(9-10)17-8-7-16-6-5-13(14)15-16/h3-6,9H,7-8H2,1-2H3,(H2,14,15). The smallest absolute Gasteiger partial charge is 0.145 e. The van der Waals surface area contributed by atoms with Gasteiger partial charge >= 0.3 is 0 Å². The minimum Gasteiger partial charge on any atom is -0.491 e. The Morgan fingerprint density at radius 2 is 2.12 bits per heavy atom. The number of nitrogens with two attached hydrogens (primary N) is 1. The quantitative estimate of drug-likeness (QED) is 0.877. The van der Waals surface area contributed by atoms with Gasteiger partial charge in [-0.05, 0) is 37.1 Å². The lowest BCUT2D eigenvalue weighted by atomic mass is 10.1. The molecule has 1 aromatic heterocycles. The first-order valence-corrected chi connectivity index (χ1v) is 5.64. The Morgan fingerprint density at radius 3 is 2.82 bits per heavy atom. The van der Waals surface area contributed by atoms with E-state index in [1.54, 1.807) is 10.7 Å². The van der Waals surface area contributed by atoms with Crippen molar-refractivity contribution in [2.75, 3.05) is 12.3 Å². The van der Waals surface area contributed by atoms with Crippen LogP contribution in [0.5, 0.6) is 5.75 Å². The third kappa shape index (κ3) is 3.00. The van der Waals surface area contributed by atoms with Crippen molar-refractivity contribution in [2.24, 2.45) is 0 Å². The number of benzene rings is 1. The van der Waals surface area contributed by atoms with Crippen molar-refractivity contribution in [3.63, 3.8) is 0 Å². The zero-order chi connectivity index (χ0) is 12.3. The van der Waals surface area contributed by atoms with Crippen LogP contribution in [-0.4, -0.2) is 16.4 Å². The highest BCUT2D eigenvalue weighted by molar-refractivity contribution is 5.35. The molecule has 0 radical (unpaired) electrons. The Balaban J connectivity index is 1.91. The Kier molecular flexibility index (Phi) is 3.32. The molecule has 1 heterocycles. The molecule has 0 atom stereocenters. The van der Waals surface area contributed by atoms with Gasteiger partial charge in [-0.2, -0.15) is 5.10 Å². The number of nitrogen functional groups attached to an aromatic ring is 1. The number of anilines is 1. The summed E-state index contributed by atoms with van der Waals surface area (Å²) in [5.41, 5.74) is 7.88. The Labute approximate surface area is 101 Å². The van der Waals surface area contributed by atoms with E-state index >= 15 is 0 Å². The van der Waals surface area contributed by atoms with Crippen molar-refractivity contribution >= 4 is 5.82 Å². The molecule has 0 fully saturated rings. The van der Waals surface area contributed by atoms with Crippen molar-refractivity contribution in [3.05, 3.63) is 41.6 Å². The van der Waals surface area contributed by atoms with Crippen molar-refractivity contribution in [2.45, 2.75) is 20.4 Å². The summed E-state index contributed by atoms with van der Waals surface area (Å²) in [6, 6.07) is 7.97. The number of rotatable bonds is 4. The zero-order valence-electron chi connectivity index (χ0n) is 10.2. The van der Waals surface area contributed by atoms with Crippen LogP contribution in [0, 0.1) is 13.8 Å². The van der Waals surface area contributed by atoms with Gasteiger partial charge in [-0.3, -0.25) is 4.68 Å². The third-order valence-corrected chi connectivity index (χ3v) is 2.58. The summed E-state index contributed by atoms with van der Waals surface area (Å²) in [5, 5.41) is 4.10. The minimum absolute atomic E-state index is 0.539. The molecule has 0 spiro atoms. The van der Waals surface area contributed by atoms with Crippen molar-refractivity contribution in [1.82, 2.24) is 9.78 Å². The van der Waals surface area contributed by atoms with Crippen LogP contribution in [0.25, 0.3) is 0 Å². The van der Waals surface area contributed by atoms with Gasteiger partial charge in [0.1, 0.15) is 18.2 Å². The Bertz CT molecular complexity index is 505. The third-order valence-electron chi connectivity index (χ3n) is 2.58. The largest absolute Gasteiger partial charge is 0.491 e. The maximum absolute atomic E-state index is 5.73. The summed E-state index contributed by atoms with van der Waals surface area (Å²) in [4.78, 5) is 0. The second-order valence-electron chi connectivity index (χ2n) is 4.12. The summed E-state index contributed by atoms with van der Waals surface area (Å²) in [6.45, 7) is 5.39. The predicted molar refractivity (Wildman–Crippen MR) is 68.1 cm³/mol. The molecule has 17 heavy (non-hydrogen) atoms. The maximum Gasteiger partial charge on any atom is 0.145 e. The molecule has 2 N–H and O–H groups in total. The fourth-order valence-corrected chi connectivity index (χ4v) is 1.61. The molecule has 4 nitrogen and oxygen atoms in total. The summed E-state index contributed by atoms with van der Waals surface area (Å²) in [5.74, 6) is 1.47. The molecule has 0 unspecified atom stereocenters. The molecule has 0 amide bonds. The van der Waals surface area contributed by atoms with E-state index in [0.29, 0.717) is 19.0 Å². The van der Waals surface area contributed by atoms with Crippen LogP contribution in [0.3, 0.4) is 0 Å². The van der Waals surface area contributed by atoms with Crippen molar-refractivity contribution < 1.29 is 4.74 Å². The second-order valence-corrected chi connectivity index (χ2v) is 4.12. The van der Waals surface area contributed by atoms with Crippen LogP contribution in [0.1, 0.15) is 11.1 Å². The van der Waals surface area contributed by atoms with Crippen LogP contribution in [0.2, 0.25) is 0 Å². The van der Waals surface area contributed by atoms with Gasteiger partial charge in [0.15, 0.2) is 0 Å². The number of aryl methyl sites for hydroxylation is 2. The van der Waals surface area contributed by atoms with E-state index in [1.165, 1.54) is 5.56 Å². The SMILES string of the molecule is Cc1ccc(C)c(OCCn2ccc(N)n2)c1. The molecule has 2 aromatic rings. The lowest BCUT2D eigenvalue weighted by Crippen LogP contribution is -2.09. The van der Waals surface area contributed by atoms with Crippen molar-refractivity contribution in [3.8, 4) is 5.75 Å². The number of ether oxygens (including phenoxy) is 1. The highest BCUT2D eigenvalue weighted by Gasteiger charge is 2.00. The van der Waals surface area contributed by atoms with E-state index in [9.17, 15) is 0 Å². The number of hydrogen-bond acceptors (Lipinski definition) is 3. The van der Waals surface area contributed by atoms with Crippen LogP contribution in [0.4, 0.5) is 5.82 Å². The molecule has 4 heteroatoms. The Hall–Kier alpha value is -1.97. The molecule has 0 aliphatic rings. The number of hydrogen-bond donors (Lipinski definition) is 1. The molecule has 2 rings (SSSR count).